The van der Waals surface area contributed by atoms with Gasteiger partial charge < -0.3 is 24.8 Å². The molecule has 107 valence electrons. The zero-order chi connectivity index (χ0) is 12.4. The maximum absolute atomic E-state index is 2.27. The van der Waals surface area contributed by atoms with Gasteiger partial charge in [-0.3, -0.25) is 0 Å². The average molecular weight is 414 g/mol. The minimum Gasteiger partial charge on any atom is -1.00 e. The number of benzene rings is 1. The molecule has 0 fully saturated rings. The largest absolute Gasteiger partial charge is 3.00 e. The van der Waals surface area contributed by atoms with Gasteiger partial charge in [0.2, 0.25) is 0 Å². The fourth-order valence-electron chi connectivity index (χ4n) is 2.26. The molecule has 0 N–H and O–H groups in total. The molecule has 0 nitrogen and oxygen atoms in total. The molecule has 2 aliphatic rings. The van der Waals surface area contributed by atoms with Crippen LogP contribution in [0.1, 0.15) is 6.92 Å². The van der Waals surface area contributed by atoms with Gasteiger partial charge in [0.1, 0.15) is 0 Å². The first kappa shape index (κ1) is 20.9. The Kier molecular flexibility index (Phi) is 9.73. The standard InChI is InChI=1S/C9H7.C8H8S.2ClH.Zr/c1-2-5-9-7-3-6-8(9)4-1;1-6-2-7-4-9-5-8(7)3-6;;;/h1-7H;2-4H,5H2,1H3;2*1H;/q-1;;;;+3/p-2. The number of halogens is 2. The van der Waals surface area contributed by atoms with E-state index in [4.69, 9.17) is 0 Å². The van der Waals surface area contributed by atoms with Crippen LogP contribution in [0.5, 0.6) is 0 Å². The van der Waals surface area contributed by atoms with Crippen LogP contribution >= 0.6 is 11.8 Å². The Morgan fingerprint density at radius 3 is 2.52 bits per heavy atom. The maximum atomic E-state index is 2.27. The van der Waals surface area contributed by atoms with Gasteiger partial charge in [-0.1, -0.05) is 23.8 Å². The minimum absolute atomic E-state index is 0. The third-order valence-corrected chi connectivity index (χ3v) is 4.05. The van der Waals surface area contributed by atoms with Crippen LogP contribution in [0.2, 0.25) is 0 Å². The van der Waals surface area contributed by atoms with Crippen LogP contribution in [0, 0.1) is 0 Å². The van der Waals surface area contributed by atoms with Gasteiger partial charge >= 0.3 is 26.2 Å². The number of allylic oxidation sites excluding steroid dienone is 4. The summed E-state index contributed by atoms with van der Waals surface area (Å²) in [5.41, 5.74) is 4.35. The zero-order valence-corrected chi connectivity index (χ0v) is 16.4. The average Bonchev–Trinajstić information content (AvgIpc) is 3.03. The van der Waals surface area contributed by atoms with Crippen molar-refractivity contribution in [3.05, 3.63) is 76.7 Å². The smallest absolute Gasteiger partial charge is 1.00 e. The van der Waals surface area contributed by atoms with Crippen molar-refractivity contribution < 1.29 is 51.0 Å². The first-order valence-electron chi connectivity index (χ1n) is 6.14. The van der Waals surface area contributed by atoms with Gasteiger partial charge in [0, 0.05) is 5.75 Å². The van der Waals surface area contributed by atoms with Crippen molar-refractivity contribution in [1.82, 2.24) is 0 Å². The van der Waals surface area contributed by atoms with Gasteiger partial charge in [0.15, 0.2) is 0 Å². The monoisotopic (exact) mass is 411 g/mol. The van der Waals surface area contributed by atoms with Gasteiger partial charge in [0.25, 0.3) is 0 Å². The summed E-state index contributed by atoms with van der Waals surface area (Å²) in [6.07, 6.45) is 4.52. The molecule has 1 heterocycles. The first-order valence-corrected chi connectivity index (χ1v) is 7.19. The van der Waals surface area contributed by atoms with Crippen molar-refractivity contribution in [1.29, 1.82) is 0 Å². The topological polar surface area (TPSA) is 0 Å². The number of fused-ring (bicyclic) bond motifs is 2. The summed E-state index contributed by atoms with van der Waals surface area (Å²) in [4.78, 5) is 0. The normalized spacial score (nSPS) is 14.2. The molecule has 0 amide bonds. The summed E-state index contributed by atoms with van der Waals surface area (Å²) < 4.78 is 0. The Labute approximate surface area is 162 Å². The van der Waals surface area contributed by atoms with E-state index in [1.54, 1.807) is 0 Å². The quantitative estimate of drug-likeness (QED) is 0.503. The van der Waals surface area contributed by atoms with Crippen LogP contribution in [0.3, 0.4) is 0 Å². The van der Waals surface area contributed by atoms with Crippen molar-refractivity contribution >= 4 is 22.5 Å². The van der Waals surface area contributed by atoms with Gasteiger partial charge in [-0.2, -0.15) is 17.5 Å². The number of hydrogen-bond acceptors (Lipinski definition) is 1. The van der Waals surface area contributed by atoms with E-state index in [2.05, 4.69) is 66.9 Å². The molecule has 4 rings (SSSR count). The molecule has 0 saturated carbocycles. The molecule has 1 radical (unpaired) electrons. The van der Waals surface area contributed by atoms with Crippen LogP contribution in [0.25, 0.3) is 10.8 Å². The summed E-state index contributed by atoms with van der Waals surface area (Å²) in [5.74, 6) is 1.18. The summed E-state index contributed by atoms with van der Waals surface area (Å²) in [5, 5.41) is 4.90. The van der Waals surface area contributed by atoms with Crippen LogP contribution in [0.4, 0.5) is 0 Å². The van der Waals surface area contributed by atoms with Crippen molar-refractivity contribution in [2.75, 3.05) is 5.75 Å². The second kappa shape index (κ2) is 9.79. The number of rotatable bonds is 0. The Morgan fingerprint density at radius 2 is 1.81 bits per heavy atom. The molecule has 2 aromatic rings. The van der Waals surface area contributed by atoms with Crippen molar-refractivity contribution in [3.63, 3.8) is 0 Å². The third-order valence-electron chi connectivity index (χ3n) is 3.15. The molecule has 0 aromatic heterocycles. The van der Waals surface area contributed by atoms with E-state index in [0.29, 0.717) is 0 Å². The molecule has 0 saturated heterocycles. The molecule has 0 atom stereocenters. The zero-order valence-electron chi connectivity index (χ0n) is 11.6. The van der Waals surface area contributed by atoms with Crippen molar-refractivity contribution in [2.24, 2.45) is 0 Å². The van der Waals surface area contributed by atoms with Crippen LogP contribution < -0.4 is 24.8 Å². The summed E-state index contributed by atoms with van der Waals surface area (Å²) >= 11 is 1.89. The predicted octanol–water partition coefficient (Wildman–Crippen LogP) is -0.932. The number of thioether (sulfide) groups is 1. The van der Waals surface area contributed by atoms with Crippen LogP contribution in [-0.2, 0) is 26.2 Å². The fourth-order valence-corrected chi connectivity index (χ4v) is 3.18. The Morgan fingerprint density at radius 1 is 1.05 bits per heavy atom. The van der Waals surface area contributed by atoms with Gasteiger partial charge in [0.05, 0.1) is 0 Å². The minimum atomic E-state index is 0. The molecule has 1 aliphatic heterocycles. The SMILES string of the molecule is CC1=CC2=CSCC2=C1.[Cl-].[Cl-].[Zr+3].c1ccc2[cH-]ccc2c1. The second-order valence-corrected chi connectivity index (χ2v) is 5.45. The Hall–Kier alpha value is -0.137. The van der Waals surface area contributed by atoms with Crippen LogP contribution in [-0.4, -0.2) is 5.75 Å². The fraction of sp³-hybridized carbons (Fsp3) is 0.118. The number of hydrogen-bond donors (Lipinski definition) is 0. The van der Waals surface area contributed by atoms with E-state index in [1.807, 2.05) is 11.8 Å². The summed E-state index contributed by atoms with van der Waals surface area (Å²) in [6, 6.07) is 14.7. The molecule has 2 aromatic carbocycles. The van der Waals surface area contributed by atoms with Gasteiger partial charge in [-0.25, -0.2) is 0 Å². The molecule has 0 bridgehead atoms. The van der Waals surface area contributed by atoms with Crippen molar-refractivity contribution in [3.8, 4) is 0 Å². The van der Waals surface area contributed by atoms with E-state index in [1.165, 1.54) is 33.2 Å². The van der Waals surface area contributed by atoms with Gasteiger partial charge in [-0.05, 0) is 23.5 Å². The molecule has 4 heteroatoms. The van der Waals surface area contributed by atoms with E-state index < -0.39 is 0 Å². The molecule has 21 heavy (non-hydrogen) atoms. The third kappa shape index (κ3) is 5.21. The molecule has 0 spiro atoms. The van der Waals surface area contributed by atoms with E-state index >= 15 is 0 Å². The molecular formula is C17H15Cl2SZr. The van der Waals surface area contributed by atoms with E-state index in [9.17, 15) is 0 Å². The van der Waals surface area contributed by atoms with Crippen LogP contribution in [0.15, 0.2) is 76.7 Å². The molecular weight excluding hydrogens is 398 g/mol. The Bertz CT molecular complexity index is 638. The van der Waals surface area contributed by atoms with Gasteiger partial charge in [-0.15, -0.1) is 41.4 Å². The Balaban J connectivity index is 0.000000333. The van der Waals surface area contributed by atoms with Crippen molar-refractivity contribution in [2.45, 2.75) is 6.92 Å². The maximum Gasteiger partial charge on any atom is 3.00 e. The first-order chi connectivity index (χ1) is 8.83. The second-order valence-electron chi connectivity index (χ2n) is 4.60. The molecule has 1 aliphatic carbocycles. The molecule has 0 unspecified atom stereocenters. The summed E-state index contributed by atoms with van der Waals surface area (Å²) in [6.45, 7) is 2.15. The predicted molar refractivity (Wildman–Crippen MR) is 81.9 cm³/mol. The van der Waals surface area contributed by atoms with E-state index in [-0.39, 0.29) is 51.0 Å². The van der Waals surface area contributed by atoms with E-state index in [0.717, 1.165) is 0 Å². The summed E-state index contributed by atoms with van der Waals surface area (Å²) in [7, 11) is 0.